The molecular formula is C17H28N2O2. The molecule has 1 aliphatic heterocycles. The maximum Gasteiger partial charge on any atom is 0.123 e. The van der Waals surface area contributed by atoms with E-state index in [0.717, 1.165) is 30.9 Å². The van der Waals surface area contributed by atoms with Crippen molar-refractivity contribution in [2.24, 2.45) is 5.73 Å². The van der Waals surface area contributed by atoms with Crippen LogP contribution in [-0.4, -0.2) is 42.8 Å². The van der Waals surface area contributed by atoms with Gasteiger partial charge in [-0.1, -0.05) is 18.2 Å². The summed E-state index contributed by atoms with van der Waals surface area (Å²) < 4.78 is 11.5. The van der Waals surface area contributed by atoms with Crippen LogP contribution in [-0.2, 0) is 4.74 Å². The molecule has 2 rings (SSSR count). The molecule has 4 heteroatoms. The highest BCUT2D eigenvalue weighted by molar-refractivity contribution is 5.35. The highest BCUT2D eigenvalue weighted by Gasteiger charge is 2.38. The minimum absolute atomic E-state index is 0.0640. The molecule has 0 aromatic heterocycles. The first-order valence-corrected chi connectivity index (χ1v) is 7.53. The molecule has 0 bridgehead atoms. The third-order valence-electron chi connectivity index (χ3n) is 3.75. The van der Waals surface area contributed by atoms with Crippen LogP contribution < -0.4 is 10.5 Å². The second kappa shape index (κ2) is 5.95. The molecule has 1 fully saturated rings. The van der Waals surface area contributed by atoms with Crippen molar-refractivity contribution in [1.82, 2.24) is 4.90 Å². The summed E-state index contributed by atoms with van der Waals surface area (Å²) in [5, 5.41) is 0. The summed E-state index contributed by atoms with van der Waals surface area (Å²) in [6, 6.07) is 7.91. The number of methoxy groups -OCH3 is 1. The van der Waals surface area contributed by atoms with Crippen LogP contribution in [0.4, 0.5) is 0 Å². The van der Waals surface area contributed by atoms with Crippen LogP contribution in [0.25, 0.3) is 0 Å². The van der Waals surface area contributed by atoms with E-state index in [2.05, 4.69) is 32.6 Å². The zero-order chi connectivity index (χ0) is 15.7. The van der Waals surface area contributed by atoms with Gasteiger partial charge in [0.05, 0.1) is 18.3 Å². The Hall–Kier alpha value is -1.10. The van der Waals surface area contributed by atoms with E-state index in [-0.39, 0.29) is 17.2 Å². The zero-order valence-corrected chi connectivity index (χ0v) is 13.8. The standard InChI is InChI=1S/C17H28N2O2/c1-16(2)11-19(12-17(3,4)21-16)10-14(18)13-8-6-7-9-15(13)20-5/h6-9,14H,10-12,18H2,1-5H3. The summed E-state index contributed by atoms with van der Waals surface area (Å²) in [5.41, 5.74) is 7.17. The van der Waals surface area contributed by atoms with Gasteiger partial charge in [0.25, 0.3) is 0 Å². The highest BCUT2D eigenvalue weighted by Crippen LogP contribution is 2.30. The van der Waals surface area contributed by atoms with Crippen molar-refractivity contribution in [3.63, 3.8) is 0 Å². The molecule has 0 amide bonds. The van der Waals surface area contributed by atoms with E-state index in [1.165, 1.54) is 0 Å². The predicted octanol–water partition coefficient (Wildman–Crippen LogP) is 2.58. The zero-order valence-electron chi connectivity index (χ0n) is 13.8. The van der Waals surface area contributed by atoms with E-state index in [1.54, 1.807) is 7.11 Å². The van der Waals surface area contributed by atoms with Crippen molar-refractivity contribution in [2.45, 2.75) is 44.9 Å². The van der Waals surface area contributed by atoms with Crippen molar-refractivity contribution in [2.75, 3.05) is 26.7 Å². The molecule has 1 heterocycles. The van der Waals surface area contributed by atoms with Gasteiger partial charge in [0.1, 0.15) is 5.75 Å². The number of rotatable bonds is 4. The summed E-state index contributed by atoms with van der Waals surface area (Å²) in [5.74, 6) is 0.858. The average molecular weight is 292 g/mol. The number of nitrogens with two attached hydrogens (primary N) is 1. The number of nitrogens with zero attached hydrogens (tertiary/aromatic N) is 1. The van der Waals surface area contributed by atoms with Gasteiger partial charge in [-0.15, -0.1) is 0 Å². The normalized spacial score (nSPS) is 22.8. The van der Waals surface area contributed by atoms with Crippen LogP contribution in [0, 0.1) is 0 Å². The van der Waals surface area contributed by atoms with Gasteiger partial charge in [-0.25, -0.2) is 0 Å². The van der Waals surface area contributed by atoms with Gasteiger partial charge < -0.3 is 15.2 Å². The number of hydrogen-bond donors (Lipinski definition) is 1. The molecule has 1 aromatic rings. The third kappa shape index (κ3) is 4.19. The fourth-order valence-electron chi connectivity index (χ4n) is 3.42. The Morgan fingerprint density at radius 3 is 2.33 bits per heavy atom. The fraction of sp³-hybridized carbons (Fsp3) is 0.647. The van der Waals surface area contributed by atoms with E-state index >= 15 is 0 Å². The largest absolute Gasteiger partial charge is 0.496 e. The van der Waals surface area contributed by atoms with Crippen molar-refractivity contribution in [1.29, 1.82) is 0 Å². The van der Waals surface area contributed by atoms with Gasteiger partial charge >= 0.3 is 0 Å². The van der Waals surface area contributed by atoms with Crippen LogP contribution in [0.15, 0.2) is 24.3 Å². The minimum atomic E-state index is -0.151. The summed E-state index contributed by atoms with van der Waals surface area (Å²) in [6.07, 6.45) is 0. The number of hydrogen-bond acceptors (Lipinski definition) is 4. The molecule has 0 aliphatic carbocycles. The number of morpholine rings is 1. The van der Waals surface area contributed by atoms with E-state index in [1.807, 2.05) is 24.3 Å². The first-order chi connectivity index (χ1) is 9.72. The van der Waals surface area contributed by atoms with Crippen LogP contribution in [0.3, 0.4) is 0 Å². The van der Waals surface area contributed by atoms with E-state index < -0.39 is 0 Å². The molecule has 0 spiro atoms. The van der Waals surface area contributed by atoms with Gasteiger partial charge in [-0.2, -0.15) is 0 Å². The van der Waals surface area contributed by atoms with Crippen LogP contribution >= 0.6 is 0 Å². The summed E-state index contributed by atoms with van der Waals surface area (Å²) in [6.45, 7) is 11.1. The first kappa shape index (κ1) is 16.3. The fourth-order valence-corrected chi connectivity index (χ4v) is 3.42. The van der Waals surface area contributed by atoms with Crippen LogP contribution in [0.1, 0.15) is 39.3 Å². The Labute approximate surface area is 128 Å². The van der Waals surface area contributed by atoms with Gasteiger partial charge in [-0.3, -0.25) is 4.90 Å². The number of benzene rings is 1. The minimum Gasteiger partial charge on any atom is -0.496 e. The lowest BCUT2D eigenvalue weighted by atomic mass is 9.97. The van der Waals surface area contributed by atoms with Crippen molar-refractivity contribution in [3.8, 4) is 5.75 Å². The van der Waals surface area contributed by atoms with Gasteiger partial charge in [0.2, 0.25) is 0 Å². The molecular weight excluding hydrogens is 264 g/mol. The Kier molecular flexibility index (Phi) is 4.61. The van der Waals surface area contributed by atoms with Crippen LogP contribution in [0.2, 0.25) is 0 Å². The van der Waals surface area contributed by atoms with E-state index in [4.69, 9.17) is 15.2 Å². The SMILES string of the molecule is COc1ccccc1C(N)CN1CC(C)(C)OC(C)(C)C1. The average Bonchev–Trinajstić information content (AvgIpc) is 2.34. The lowest BCUT2D eigenvalue weighted by Crippen LogP contribution is -2.58. The first-order valence-electron chi connectivity index (χ1n) is 7.53. The maximum atomic E-state index is 6.42. The second-order valence-electron chi connectivity index (χ2n) is 7.14. The monoisotopic (exact) mass is 292 g/mol. The Balaban J connectivity index is 2.10. The second-order valence-corrected chi connectivity index (χ2v) is 7.14. The topological polar surface area (TPSA) is 47.7 Å². The number of para-hydroxylation sites is 1. The highest BCUT2D eigenvalue weighted by atomic mass is 16.5. The summed E-state index contributed by atoms with van der Waals surface area (Å²) in [7, 11) is 1.69. The molecule has 21 heavy (non-hydrogen) atoms. The molecule has 1 aliphatic rings. The van der Waals surface area contributed by atoms with Crippen molar-refractivity contribution < 1.29 is 9.47 Å². The van der Waals surface area contributed by atoms with Crippen molar-refractivity contribution >= 4 is 0 Å². The molecule has 1 saturated heterocycles. The summed E-state index contributed by atoms with van der Waals surface area (Å²) >= 11 is 0. The van der Waals surface area contributed by atoms with Crippen LogP contribution in [0.5, 0.6) is 5.75 Å². The predicted molar refractivity (Wildman–Crippen MR) is 85.6 cm³/mol. The Morgan fingerprint density at radius 1 is 1.19 bits per heavy atom. The summed E-state index contributed by atoms with van der Waals surface area (Å²) in [4.78, 5) is 2.39. The Morgan fingerprint density at radius 2 is 1.76 bits per heavy atom. The van der Waals surface area contributed by atoms with E-state index in [0.29, 0.717) is 0 Å². The Bertz CT molecular complexity index is 469. The molecule has 1 unspecified atom stereocenters. The van der Waals surface area contributed by atoms with Crippen molar-refractivity contribution in [3.05, 3.63) is 29.8 Å². The molecule has 0 radical (unpaired) electrons. The van der Waals surface area contributed by atoms with Gasteiger partial charge in [0.15, 0.2) is 0 Å². The molecule has 0 saturated carbocycles. The van der Waals surface area contributed by atoms with E-state index in [9.17, 15) is 0 Å². The molecule has 1 atom stereocenters. The van der Waals surface area contributed by atoms with Gasteiger partial charge in [0, 0.05) is 31.2 Å². The quantitative estimate of drug-likeness (QED) is 0.926. The smallest absolute Gasteiger partial charge is 0.123 e. The third-order valence-corrected chi connectivity index (χ3v) is 3.75. The molecule has 4 nitrogen and oxygen atoms in total. The molecule has 2 N–H and O–H groups in total. The lowest BCUT2D eigenvalue weighted by Gasteiger charge is -2.47. The molecule has 1 aromatic carbocycles. The maximum absolute atomic E-state index is 6.42. The van der Waals surface area contributed by atoms with Gasteiger partial charge in [-0.05, 0) is 33.8 Å². The lowest BCUT2D eigenvalue weighted by molar-refractivity contribution is -0.181. The molecule has 118 valence electrons. The number of ether oxygens (including phenoxy) is 2.